The Balaban J connectivity index is 4.12. The van der Waals surface area contributed by atoms with Crippen LogP contribution in [0, 0.1) is 5.41 Å². The van der Waals surface area contributed by atoms with Gasteiger partial charge in [-0.05, 0) is 25.7 Å². The van der Waals surface area contributed by atoms with Gasteiger partial charge in [-0.25, -0.2) is 0 Å². The van der Waals surface area contributed by atoms with E-state index in [0.29, 0.717) is 25.7 Å². The molecule has 0 aromatic heterocycles. The van der Waals surface area contributed by atoms with Gasteiger partial charge in [0.15, 0.2) is 0 Å². The van der Waals surface area contributed by atoms with Crippen LogP contribution in [-0.4, -0.2) is 59.3 Å². The number of aliphatic hydroxyl groups is 3. The highest BCUT2D eigenvalue weighted by Crippen LogP contribution is 2.18. The van der Waals surface area contributed by atoms with E-state index in [1.165, 1.54) is 0 Å². The van der Waals surface area contributed by atoms with Crippen LogP contribution < -0.4 is 0 Å². The van der Waals surface area contributed by atoms with Crippen LogP contribution in [0.1, 0.15) is 85.0 Å². The Morgan fingerprint density at radius 1 is 0.821 bits per heavy atom. The van der Waals surface area contributed by atoms with Gasteiger partial charge in [-0.15, -0.1) is 0 Å². The molecule has 166 valence electrons. The van der Waals surface area contributed by atoms with Crippen molar-refractivity contribution in [1.29, 1.82) is 0 Å². The van der Waals surface area contributed by atoms with Crippen LogP contribution in [0.25, 0.3) is 0 Å². The molecule has 0 bridgehead atoms. The highest BCUT2D eigenvalue weighted by atomic mass is 16.5. The molecule has 0 aromatic carbocycles. The Labute approximate surface area is 169 Å². The van der Waals surface area contributed by atoms with E-state index in [0.717, 1.165) is 25.7 Å². The number of carbonyl (C=O) groups is 2. The van der Waals surface area contributed by atoms with Gasteiger partial charge in [0.05, 0.1) is 24.2 Å². The van der Waals surface area contributed by atoms with Crippen LogP contribution in [0.5, 0.6) is 0 Å². The molecule has 0 aliphatic rings. The van der Waals surface area contributed by atoms with E-state index in [-0.39, 0.29) is 32.7 Å². The molecule has 0 fully saturated rings. The maximum absolute atomic E-state index is 11.8. The number of ether oxygens (including phenoxy) is 2. The van der Waals surface area contributed by atoms with Crippen molar-refractivity contribution in [1.82, 2.24) is 0 Å². The topological polar surface area (TPSA) is 113 Å². The zero-order chi connectivity index (χ0) is 21.4. The fraction of sp³-hybridized carbons (Fsp3) is 0.905. The van der Waals surface area contributed by atoms with Gasteiger partial charge >= 0.3 is 11.9 Å². The molecule has 0 amide bonds. The fourth-order valence-electron chi connectivity index (χ4n) is 2.52. The second-order valence-electron chi connectivity index (χ2n) is 7.96. The van der Waals surface area contributed by atoms with Crippen molar-refractivity contribution < 1.29 is 34.4 Å². The second kappa shape index (κ2) is 15.7. The summed E-state index contributed by atoms with van der Waals surface area (Å²) in [6.45, 7) is 5.31. The molecule has 0 radical (unpaired) electrons. The van der Waals surface area contributed by atoms with E-state index in [1.54, 1.807) is 6.92 Å². The monoisotopic (exact) mass is 404 g/mol. The van der Waals surface area contributed by atoms with Crippen LogP contribution in [0.15, 0.2) is 0 Å². The van der Waals surface area contributed by atoms with Gasteiger partial charge in [0.1, 0.15) is 13.2 Å². The average molecular weight is 405 g/mol. The quantitative estimate of drug-likeness (QED) is 0.319. The molecule has 0 heterocycles. The molecule has 3 N–H and O–H groups in total. The van der Waals surface area contributed by atoms with E-state index < -0.39 is 29.6 Å². The van der Waals surface area contributed by atoms with Crippen molar-refractivity contribution in [3.05, 3.63) is 0 Å². The van der Waals surface area contributed by atoms with Crippen molar-refractivity contribution >= 4 is 11.9 Å². The largest absolute Gasteiger partial charge is 0.465 e. The van der Waals surface area contributed by atoms with Gasteiger partial charge in [-0.1, -0.05) is 46.5 Å². The number of hydrogen-bond donors (Lipinski definition) is 3. The highest BCUT2D eigenvalue weighted by Gasteiger charge is 2.28. The third-order valence-corrected chi connectivity index (χ3v) is 4.69. The molecule has 0 saturated heterocycles. The molecule has 0 rings (SSSR count). The maximum atomic E-state index is 11.8. The van der Waals surface area contributed by atoms with Crippen molar-refractivity contribution in [2.45, 2.75) is 97.2 Å². The number of unbranched alkanes of at least 4 members (excludes halogenated alkanes) is 2. The second-order valence-corrected chi connectivity index (χ2v) is 7.96. The molecule has 7 heteroatoms. The van der Waals surface area contributed by atoms with Gasteiger partial charge in [0, 0.05) is 12.8 Å². The lowest BCUT2D eigenvalue weighted by molar-refractivity contribution is -0.155. The third kappa shape index (κ3) is 13.9. The van der Waals surface area contributed by atoms with Gasteiger partial charge < -0.3 is 24.8 Å². The molecule has 7 nitrogen and oxygen atoms in total. The van der Waals surface area contributed by atoms with E-state index in [1.807, 2.05) is 13.8 Å². The average Bonchev–Trinajstić information content (AvgIpc) is 2.70. The minimum Gasteiger partial charge on any atom is -0.465 e. The first kappa shape index (κ1) is 26.8. The molecular weight excluding hydrogens is 364 g/mol. The van der Waals surface area contributed by atoms with Crippen LogP contribution >= 0.6 is 0 Å². The van der Waals surface area contributed by atoms with Crippen LogP contribution in [-0.2, 0) is 19.1 Å². The molecule has 0 saturated carbocycles. The Kier molecular flexibility index (Phi) is 15.0. The highest BCUT2D eigenvalue weighted by molar-refractivity contribution is 5.70. The number of rotatable bonds is 17. The summed E-state index contributed by atoms with van der Waals surface area (Å²) in [5.41, 5.74) is -0.882. The molecule has 0 aliphatic heterocycles. The Hall–Kier alpha value is -1.18. The molecule has 2 atom stereocenters. The Bertz CT molecular complexity index is 391. The van der Waals surface area contributed by atoms with Crippen molar-refractivity contribution in [3.63, 3.8) is 0 Å². The molecule has 28 heavy (non-hydrogen) atoms. The Morgan fingerprint density at radius 3 is 1.54 bits per heavy atom. The third-order valence-electron chi connectivity index (χ3n) is 4.69. The Morgan fingerprint density at radius 2 is 1.21 bits per heavy atom. The minimum absolute atomic E-state index is 0.0696. The van der Waals surface area contributed by atoms with E-state index in [9.17, 15) is 24.9 Å². The van der Waals surface area contributed by atoms with Gasteiger partial charge in [0.25, 0.3) is 0 Å². The predicted octanol–water partition coefficient (Wildman–Crippen LogP) is 2.73. The summed E-state index contributed by atoms with van der Waals surface area (Å²) in [4.78, 5) is 23.7. The fourth-order valence-corrected chi connectivity index (χ4v) is 2.52. The lowest BCUT2D eigenvalue weighted by Gasteiger charge is -2.26. The summed E-state index contributed by atoms with van der Waals surface area (Å²) in [5.74, 6) is -0.888. The van der Waals surface area contributed by atoms with E-state index >= 15 is 0 Å². The summed E-state index contributed by atoms with van der Waals surface area (Å²) < 4.78 is 10.4. The summed E-state index contributed by atoms with van der Waals surface area (Å²) in [6, 6.07) is 0. The first-order valence-corrected chi connectivity index (χ1v) is 10.5. The first-order chi connectivity index (χ1) is 13.3. The molecule has 2 unspecified atom stereocenters. The van der Waals surface area contributed by atoms with E-state index in [2.05, 4.69) is 0 Å². The lowest BCUT2D eigenvalue weighted by atomic mass is 9.94. The molecule has 0 aromatic rings. The number of hydrogen-bond acceptors (Lipinski definition) is 7. The van der Waals surface area contributed by atoms with Crippen molar-refractivity contribution in [2.75, 3.05) is 19.8 Å². The summed E-state index contributed by atoms with van der Waals surface area (Å²) in [5, 5.41) is 29.1. The van der Waals surface area contributed by atoms with Crippen LogP contribution in [0.4, 0.5) is 0 Å². The minimum atomic E-state index is -0.882. The normalized spacial score (nSPS) is 15.5. The summed E-state index contributed by atoms with van der Waals surface area (Å²) >= 11 is 0. The standard InChI is InChI=1S/C21H40O7/c1-4-6-8-17(23)10-12-19(25)27-15-21(3,14-22)16-28-20(26)13-11-18(24)9-7-5-2/h17-18,22-24H,4-16H2,1-3H3. The molecular formula is C21H40O7. The summed E-state index contributed by atoms with van der Waals surface area (Å²) in [7, 11) is 0. The first-order valence-electron chi connectivity index (χ1n) is 10.5. The lowest BCUT2D eigenvalue weighted by Crippen LogP contribution is -2.35. The van der Waals surface area contributed by atoms with E-state index in [4.69, 9.17) is 9.47 Å². The van der Waals surface area contributed by atoms with Crippen LogP contribution in [0.2, 0.25) is 0 Å². The van der Waals surface area contributed by atoms with Gasteiger partial charge in [-0.2, -0.15) is 0 Å². The number of esters is 2. The smallest absolute Gasteiger partial charge is 0.305 e. The maximum Gasteiger partial charge on any atom is 0.305 e. The van der Waals surface area contributed by atoms with Gasteiger partial charge in [0.2, 0.25) is 0 Å². The zero-order valence-electron chi connectivity index (χ0n) is 17.8. The SMILES string of the molecule is CCCCC(O)CCC(=O)OCC(C)(CO)COC(=O)CCC(O)CCCC. The summed E-state index contributed by atoms with van der Waals surface area (Å²) in [6.07, 6.45) is 5.06. The zero-order valence-corrected chi connectivity index (χ0v) is 17.8. The predicted molar refractivity (Wildman–Crippen MR) is 107 cm³/mol. The molecule has 0 aliphatic carbocycles. The number of aliphatic hydroxyl groups excluding tert-OH is 3. The van der Waals surface area contributed by atoms with Crippen molar-refractivity contribution in [2.24, 2.45) is 5.41 Å². The van der Waals surface area contributed by atoms with Gasteiger partial charge in [-0.3, -0.25) is 9.59 Å². The number of carbonyl (C=O) groups excluding carboxylic acids is 2. The molecule has 0 spiro atoms. The van der Waals surface area contributed by atoms with Crippen molar-refractivity contribution in [3.8, 4) is 0 Å². The van der Waals surface area contributed by atoms with Crippen LogP contribution in [0.3, 0.4) is 0 Å².